The normalized spacial score (nSPS) is 10.1. The Kier molecular flexibility index (Phi) is 2.72. The third kappa shape index (κ3) is 1.95. The van der Waals surface area contributed by atoms with Crippen molar-refractivity contribution < 1.29 is 13.6 Å². The van der Waals surface area contributed by atoms with Crippen LogP contribution >= 0.6 is 0 Å². The number of rotatable bonds is 2. The Bertz CT molecular complexity index is 493. The van der Waals surface area contributed by atoms with Gasteiger partial charge in [0.1, 0.15) is 5.82 Å². The third-order valence-electron chi connectivity index (χ3n) is 2.23. The lowest BCUT2D eigenvalue weighted by Gasteiger charge is -2.15. The zero-order chi connectivity index (χ0) is 11.5. The van der Waals surface area contributed by atoms with E-state index in [9.17, 15) is 9.18 Å². The summed E-state index contributed by atoms with van der Waals surface area (Å²) in [5.74, 6) is -0.459. The molecule has 1 amide bonds. The fourth-order valence-electron chi connectivity index (χ4n) is 1.37. The highest BCUT2D eigenvalue weighted by Crippen LogP contribution is 2.16. The molecule has 0 fully saturated rings. The average Bonchev–Trinajstić information content (AvgIpc) is 2.80. The van der Waals surface area contributed by atoms with E-state index in [1.165, 1.54) is 23.3 Å². The first-order valence-corrected chi connectivity index (χ1v) is 4.75. The second-order valence-corrected chi connectivity index (χ2v) is 3.32. The van der Waals surface area contributed by atoms with E-state index in [1.54, 1.807) is 31.3 Å². The standard InChI is InChI=1S/C12H10FNO2/c1-14(10-5-2-4-9(13)8-10)12(15)11-6-3-7-16-11/h2-8H,1H3. The number of furan rings is 1. The molecule has 0 radical (unpaired) electrons. The Morgan fingerprint density at radius 3 is 2.75 bits per heavy atom. The molecule has 0 unspecified atom stereocenters. The number of benzene rings is 1. The summed E-state index contributed by atoms with van der Waals surface area (Å²) < 4.78 is 18.0. The van der Waals surface area contributed by atoms with Crippen molar-refractivity contribution in [3.8, 4) is 0 Å². The number of carbonyl (C=O) groups is 1. The molecular weight excluding hydrogens is 209 g/mol. The lowest BCUT2D eigenvalue weighted by atomic mass is 10.2. The molecule has 82 valence electrons. The van der Waals surface area contributed by atoms with Crippen molar-refractivity contribution in [2.45, 2.75) is 0 Å². The van der Waals surface area contributed by atoms with E-state index in [-0.39, 0.29) is 17.5 Å². The van der Waals surface area contributed by atoms with Crippen molar-refractivity contribution >= 4 is 11.6 Å². The van der Waals surface area contributed by atoms with Gasteiger partial charge in [-0.25, -0.2) is 4.39 Å². The van der Waals surface area contributed by atoms with E-state index in [0.29, 0.717) is 5.69 Å². The minimum absolute atomic E-state index is 0.228. The summed E-state index contributed by atoms with van der Waals surface area (Å²) in [4.78, 5) is 13.2. The Hall–Kier alpha value is -2.10. The van der Waals surface area contributed by atoms with Crippen LogP contribution in [0.3, 0.4) is 0 Å². The smallest absolute Gasteiger partial charge is 0.293 e. The molecular formula is C12H10FNO2. The van der Waals surface area contributed by atoms with E-state index in [0.717, 1.165) is 0 Å². The number of anilines is 1. The molecule has 1 aromatic carbocycles. The number of hydrogen-bond acceptors (Lipinski definition) is 2. The molecule has 0 aliphatic carbocycles. The molecule has 1 aromatic heterocycles. The summed E-state index contributed by atoms with van der Waals surface area (Å²) in [7, 11) is 1.57. The molecule has 4 heteroatoms. The topological polar surface area (TPSA) is 33.5 Å². The predicted molar refractivity (Wildman–Crippen MR) is 57.8 cm³/mol. The SMILES string of the molecule is CN(C(=O)c1ccco1)c1cccc(F)c1. The van der Waals surface area contributed by atoms with Gasteiger partial charge in [0.05, 0.1) is 6.26 Å². The number of carbonyl (C=O) groups excluding carboxylic acids is 1. The zero-order valence-corrected chi connectivity index (χ0v) is 8.68. The van der Waals surface area contributed by atoms with Crippen LogP contribution in [0.25, 0.3) is 0 Å². The molecule has 0 spiro atoms. The summed E-state index contributed by atoms with van der Waals surface area (Å²) >= 11 is 0. The zero-order valence-electron chi connectivity index (χ0n) is 8.68. The molecule has 0 saturated heterocycles. The van der Waals surface area contributed by atoms with E-state index >= 15 is 0 Å². The summed E-state index contributed by atoms with van der Waals surface area (Å²) in [5.41, 5.74) is 0.487. The van der Waals surface area contributed by atoms with Crippen LogP contribution in [0.15, 0.2) is 47.1 Å². The number of hydrogen-bond donors (Lipinski definition) is 0. The second kappa shape index (κ2) is 4.18. The Labute approximate surface area is 92.1 Å². The van der Waals surface area contributed by atoms with Crippen LogP contribution in [0.2, 0.25) is 0 Å². The molecule has 0 bridgehead atoms. The molecule has 3 nitrogen and oxygen atoms in total. The molecule has 16 heavy (non-hydrogen) atoms. The van der Waals surface area contributed by atoms with E-state index in [2.05, 4.69) is 0 Å². The van der Waals surface area contributed by atoms with Gasteiger partial charge in [-0.3, -0.25) is 4.79 Å². The molecule has 0 saturated carbocycles. The fourth-order valence-corrected chi connectivity index (χ4v) is 1.37. The minimum Gasteiger partial charge on any atom is -0.459 e. The van der Waals surface area contributed by atoms with E-state index in [4.69, 9.17) is 4.42 Å². The summed E-state index contributed by atoms with van der Waals surface area (Å²) in [6, 6.07) is 9.03. The van der Waals surface area contributed by atoms with Crippen LogP contribution < -0.4 is 4.90 Å². The van der Waals surface area contributed by atoms with Crippen LogP contribution in [0.5, 0.6) is 0 Å². The average molecular weight is 219 g/mol. The Balaban J connectivity index is 2.26. The third-order valence-corrected chi connectivity index (χ3v) is 2.23. The Morgan fingerprint density at radius 1 is 1.31 bits per heavy atom. The summed E-state index contributed by atoms with van der Waals surface area (Å²) in [5, 5.41) is 0. The van der Waals surface area contributed by atoms with E-state index < -0.39 is 0 Å². The highest BCUT2D eigenvalue weighted by atomic mass is 19.1. The Morgan fingerprint density at radius 2 is 2.12 bits per heavy atom. The number of nitrogens with zero attached hydrogens (tertiary/aromatic N) is 1. The number of amides is 1. The van der Waals surface area contributed by atoms with Gasteiger partial charge in [0.15, 0.2) is 5.76 Å². The van der Waals surface area contributed by atoms with Crippen LogP contribution in [0, 0.1) is 5.82 Å². The molecule has 0 aliphatic rings. The second-order valence-electron chi connectivity index (χ2n) is 3.32. The van der Waals surface area contributed by atoms with Crippen molar-refractivity contribution in [3.05, 3.63) is 54.2 Å². The maximum atomic E-state index is 13.0. The maximum absolute atomic E-state index is 13.0. The fraction of sp³-hybridized carbons (Fsp3) is 0.0833. The van der Waals surface area contributed by atoms with Crippen molar-refractivity contribution in [1.82, 2.24) is 0 Å². The molecule has 0 N–H and O–H groups in total. The first-order valence-electron chi connectivity index (χ1n) is 4.75. The van der Waals surface area contributed by atoms with Gasteiger partial charge >= 0.3 is 0 Å². The van der Waals surface area contributed by atoms with Crippen molar-refractivity contribution in [2.24, 2.45) is 0 Å². The quantitative estimate of drug-likeness (QED) is 0.778. The highest BCUT2D eigenvalue weighted by Gasteiger charge is 2.15. The van der Waals surface area contributed by atoms with Crippen LogP contribution in [-0.2, 0) is 0 Å². The van der Waals surface area contributed by atoms with Gasteiger partial charge in [-0.15, -0.1) is 0 Å². The van der Waals surface area contributed by atoms with Gasteiger partial charge in [0, 0.05) is 12.7 Å². The first-order chi connectivity index (χ1) is 7.68. The molecule has 2 aromatic rings. The summed E-state index contributed by atoms with van der Waals surface area (Å²) in [6.07, 6.45) is 1.42. The van der Waals surface area contributed by atoms with Gasteiger partial charge in [-0.05, 0) is 30.3 Å². The molecule has 2 rings (SSSR count). The van der Waals surface area contributed by atoms with Crippen molar-refractivity contribution in [3.63, 3.8) is 0 Å². The number of halogens is 1. The molecule has 0 atom stereocenters. The maximum Gasteiger partial charge on any atom is 0.293 e. The molecule has 1 heterocycles. The first kappa shape index (κ1) is 10.4. The highest BCUT2D eigenvalue weighted by molar-refractivity contribution is 6.03. The minimum atomic E-state index is -0.378. The predicted octanol–water partition coefficient (Wildman–Crippen LogP) is 2.70. The van der Waals surface area contributed by atoms with Crippen LogP contribution in [0.4, 0.5) is 10.1 Å². The van der Waals surface area contributed by atoms with Crippen LogP contribution in [0.1, 0.15) is 10.6 Å². The summed E-state index contributed by atoms with van der Waals surface area (Å²) in [6.45, 7) is 0. The van der Waals surface area contributed by atoms with Crippen LogP contribution in [-0.4, -0.2) is 13.0 Å². The van der Waals surface area contributed by atoms with Gasteiger partial charge in [-0.1, -0.05) is 6.07 Å². The van der Waals surface area contributed by atoms with Crippen molar-refractivity contribution in [1.29, 1.82) is 0 Å². The lowest BCUT2D eigenvalue weighted by molar-refractivity contribution is 0.0966. The van der Waals surface area contributed by atoms with Gasteiger partial charge < -0.3 is 9.32 Å². The lowest BCUT2D eigenvalue weighted by Crippen LogP contribution is -2.25. The monoisotopic (exact) mass is 219 g/mol. The molecule has 0 aliphatic heterocycles. The largest absolute Gasteiger partial charge is 0.459 e. The van der Waals surface area contributed by atoms with Gasteiger partial charge in [-0.2, -0.15) is 0 Å². The van der Waals surface area contributed by atoms with Gasteiger partial charge in [0.2, 0.25) is 0 Å². The van der Waals surface area contributed by atoms with Crippen molar-refractivity contribution in [2.75, 3.05) is 11.9 Å². The van der Waals surface area contributed by atoms with E-state index in [1.807, 2.05) is 0 Å². The van der Waals surface area contributed by atoms with Gasteiger partial charge in [0.25, 0.3) is 5.91 Å².